The van der Waals surface area contributed by atoms with Gasteiger partial charge in [0.25, 0.3) is 0 Å². The molecule has 0 amide bonds. The molecule has 1 aliphatic rings. The summed E-state index contributed by atoms with van der Waals surface area (Å²) in [5.74, 6) is -1.07. The lowest BCUT2D eigenvalue weighted by molar-refractivity contribution is -0.146. The van der Waals surface area contributed by atoms with Crippen LogP contribution in [0.5, 0.6) is 5.75 Å². The van der Waals surface area contributed by atoms with E-state index in [0.29, 0.717) is 34.9 Å². The normalized spacial score (nSPS) is 18.0. The molecule has 0 bridgehead atoms. The van der Waals surface area contributed by atoms with Gasteiger partial charge in [-0.1, -0.05) is 11.6 Å². The highest BCUT2D eigenvalue weighted by molar-refractivity contribution is 6.33. The summed E-state index contributed by atoms with van der Waals surface area (Å²) in [6.45, 7) is 5.90. The van der Waals surface area contributed by atoms with Crippen molar-refractivity contribution in [3.63, 3.8) is 0 Å². The van der Waals surface area contributed by atoms with Crippen LogP contribution in [0.15, 0.2) is 6.07 Å². The number of benzene rings is 1. The van der Waals surface area contributed by atoms with Gasteiger partial charge in [-0.3, -0.25) is 9.59 Å². The van der Waals surface area contributed by atoms with E-state index < -0.39 is 11.9 Å². The number of fused-ring (bicyclic) bond motifs is 1. The lowest BCUT2D eigenvalue weighted by Crippen LogP contribution is -2.26. The van der Waals surface area contributed by atoms with E-state index in [1.165, 1.54) is 0 Å². The molecule has 5 heteroatoms. The molecule has 1 atom stereocenters. The number of carbonyl (C=O) groups is 2. The van der Waals surface area contributed by atoms with Crippen molar-refractivity contribution >= 4 is 23.4 Å². The number of carbonyl (C=O) groups excluding carboxylic acids is 2. The minimum absolute atomic E-state index is 0.254. The average molecular weight is 297 g/mol. The van der Waals surface area contributed by atoms with Gasteiger partial charge in [0.15, 0.2) is 5.78 Å². The molecule has 0 fully saturated rings. The van der Waals surface area contributed by atoms with Gasteiger partial charge in [0.2, 0.25) is 0 Å². The maximum atomic E-state index is 12.6. The molecule has 20 heavy (non-hydrogen) atoms. The van der Waals surface area contributed by atoms with Gasteiger partial charge < -0.3 is 9.47 Å². The Morgan fingerprint density at radius 1 is 1.50 bits per heavy atom. The molecule has 1 aromatic rings. The number of hydrogen-bond donors (Lipinski definition) is 0. The predicted molar refractivity (Wildman–Crippen MR) is 75.5 cm³/mol. The molecule has 0 saturated carbocycles. The molecule has 0 aromatic heterocycles. The second-order valence-corrected chi connectivity index (χ2v) is 5.19. The number of hydrogen-bond acceptors (Lipinski definition) is 4. The highest BCUT2D eigenvalue weighted by Crippen LogP contribution is 2.35. The van der Waals surface area contributed by atoms with E-state index in [1.54, 1.807) is 19.9 Å². The molecule has 0 spiro atoms. The molecular weight excluding hydrogens is 280 g/mol. The van der Waals surface area contributed by atoms with Crippen LogP contribution in [0.4, 0.5) is 0 Å². The van der Waals surface area contributed by atoms with Crippen LogP contribution in [-0.4, -0.2) is 25.0 Å². The number of ketones is 1. The summed E-state index contributed by atoms with van der Waals surface area (Å²) in [5.41, 5.74) is 1.91. The van der Waals surface area contributed by atoms with Crippen molar-refractivity contribution in [1.29, 1.82) is 0 Å². The molecular formula is C15H17ClO4. The lowest BCUT2D eigenvalue weighted by atomic mass is 9.91. The van der Waals surface area contributed by atoms with E-state index >= 15 is 0 Å². The largest absolute Gasteiger partial charge is 0.493 e. The number of halogens is 1. The molecule has 1 unspecified atom stereocenters. The zero-order valence-electron chi connectivity index (χ0n) is 11.8. The summed E-state index contributed by atoms with van der Waals surface area (Å²) in [4.78, 5) is 24.5. The average Bonchev–Trinajstić information content (AvgIpc) is 2.56. The van der Waals surface area contributed by atoms with Gasteiger partial charge in [0.05, 0.1) is 18.8 Å². The van der Waals surface area contributed by atoms with Crippen LogP contribution in [0.25, 0.3) is 0 Å². The fraction of sp³-hybridized carbons (Fsp3) is 0.467. The quantitative estimate of drug-likeness (QED) is 0.621. The van der Waals surface area contributed by atoms with Gasteiger partial charge in [-0.05, 0) is 38.0 Å². The lowest BCUT2D eigenvalue weighted by Gasteiger charge is -2.14. The van der Waals surface area contributed by atoms with Crippen LogP contribution in [0.3, 0.4) is 0 Å². The second kappa shape index (κ2) is 5.83. The van der Waals surface area contributed by atoms with Crippen molar-refractivity contribution in [2.45, 2.75) is 27.2 Å². The first kappa shape index (κ1) is 14.9. The molecule has 0 aliphatic carbocycles. The first-order chi connectivity index (χ1) is 9.47. The standard InChI is InChI=1S/C15H17ClO4/c1-4-19-15(18)10-5-6-20-11-7-8(2)13(16)9(3)12(11)14(10)17/h7,10H,4-6H2,1-3H3. The Kier molecular flexibility index (Phi) is 4.33. The maximum absolute atomic E-state index is 12.6. The fourth-order valence-electron chi connectivity index (χ4n) is 2.40. The summed E-state index contributed by atoms with van der Waals surface area (Å²) in [5, 5.41) is 0.533. The van der Waals surface area contributed by atoms with E-state index in [1.807, 2.05) is 6.92 Å². The Labute approximate surface area is 123 Å². The molecule has 1 heterocycles. The van der Waals surface area contributed by atoms with Crippen molar-refractivity contribution in [2.24, 2.45) is 5.92 Å². The Morgan fingerprint density at radius 3 is 2.85 bits per heavy atom. The summed E-state index contributed by atoms with van der Waals surface area (Å²) in [7, 11) is 0. The van der Waals surface area contributed by atoms with Crippen molar-refractivity contribution in [1.82, 2.24) is 0 Å². The molecule has 1 aliphatic heterocycles. The molecule has 4 nitrogen and oxygen atoms in total. The van der Waals surface area contributed by atoms with Crippen LogP contribution < -0.4 is 4.74 Å². The zero-order chi connectivity index (χ0) is 14.9. The SMILES string of the molecule is CCOC(=O)C1CCOc2cc(C)c(Cl)c(C)c2C1=O. The van der Waals surface area contributed by atoms with E-state index in [0.717, 1.165) is 5.56 Å². The first-order valence-electron chi connectivity index (χ1n) is 6.60. The summed E-state index contributed by atoms with van der Waals surface area (Å²) >= 11 is 6.20. The minimum Gasteiger partial charge on any atom is -0.493 e. The Morgan fingerprint density at radius 2 is 2.20 bits per heavy atom. The van der Waals surface area contributed by atoms with E-state index in [2.05, 4.69) is 0 Å². The van der Waals surface area contributed by atoms with Crippen molar-refractivity contribution in [2.75, 3.05) is 13.2 Å². The van der Waals surface area contributed by atoms with Crippen molar-refractivity contribution in [3.8, 4) is 5.75 Å². The van der Waals surface area contributed by atoms with Gasteiger partial charge >= 0.3 is 5.97 Å². The summed E-state index contributed by atoms with van der Waals surface area (Å²) < 4.78 is 10.6. The number of Topliss-reactive ketones (excluding diaryl/α,β-unsaturated/α-hetero) is 1. The van der Waals surface area contributed by atoms with Crippen LogP contribution in [0, 0.1) is 19.8 Å². The molecule has 1 aromatic carbocycles. The van der Waals surface area contributed by atoms with Crippen LogP contribution in [0.1, 0.15) is 34.8 Å². The Bertz CT molecular complexity index is 565. The summed E-state index contributed by atoms with van der Waals surface area (Å²) in [6.07, 6.45) is 0.322. The first-order valence-corrected chi connectivity index (χ1v) is 6.98. The zero-order valence-corrected chi connectivity index (χ0v) is 12.5. The summed E-state index contributed by atoms with van der Waals surface area (Å²) in [6, 6.07) is 1.75. The Balaban J connectivity index is 2.48. The fourth-order valence-corrected chi connectivity index (χ4v) is 2.55. The molecule has 0 saturated heterocycles. The van der Waals surface area contributed by atoms with Gasteiger partial charge in [-0.15, -0.1) is 0 Å². The maximum Gasteiger partial charge on any atom is 0.316 e. The van der Waals surface area contributed by atoms with Gasteiger partial charge in [-0.25, -0.2) is 0 Å². The topological polar surface area (TPSA) is 52.6 Å². The van der Waals surface area contributed by atoms with Crippen LogP contribution in [0.2, 0.25) is 5.02 Å². The van der Waals surface area contributed by atoms with Crippen LogP contribution >= 0.6 is 11.6 Å². The number of esters is 1. The number of ether oxygens (including phenoxy) is 2. The minimum atomic E-state index is -0.811. The molecule has 2 rings (SSSR count). The third kappa shape index (κ3) is 2.52. The van der Waals surface area contributed by atoms with Gasteiger partial charge in [0.1, 0.15) is 11.7 Å². The van der Waals surface area contributed by atoms with Crippen molar-refractivity contribution < 1.29 is 19.1 Å². The predicted octanol–water partition coefficient (Wildman–Crippen LogP) is 3.10. The van der Waals surface area contributed by atoms with E-state index in [4.69, 9.17) is 21.1 Å². The highest BCUT2D eigenvalue weighted by atomic mass is 35.5. The van der Waals surface area contributed by atoms with E-state index in [9.17, 15) is 9.59 Å². The molecule has 108 valence electrons. The van der Waals surface area contributed by atoms with Gasteiger partial charge in [0, 0.05) is 11.4 Å². The van der Waals surface area contributed by atoms with E-state index in [-0.39, 0.29) is 12.4 Å². The molecule has 0 N–H and O–H groups in total. The Hall–Kier alpha value is -1.55. The molecule has 0 radical (unpaired) electrons. The highest BCUT2D eigenvalue weighted by Gasteiger charge is 2.35. The van der Waals surface area contributed by atoms with Crippen molar-refractivity contribution in [3.05, 3.63) is 27.8 Å². The second-order valence-electron chi connectivity index (χ2n) is 4.81. The number of aryl methyl sites for hydroxylation is 1. The third-order valence-electron chi connectivity index (χ3n) is 3.44. The number of rotatable bonds is 2. The van der Waals surface area contributed by atoms with Gasteiger partial charge in [-0.2, -0.15) is 0 Å². The smallest absolute Gasteiger partial charge is 0.316 e. The third-order valence-corrected chi connectivity index (χ3v) is 4.02. The monoisotopic (exact) mass is 296 g/mol. The van der Waals surface area contributed by atoms with Crippen LogP contribution in [-0.2, 0) is 9.53 Å².